The molecule has 2 fully saturated rings. The summed E-state index contributed by atoms with van der Waals surface area (Å²) in [6.45, 7) is 4.84. The highest BCUT2D eigenvalue weighted by Crippen LogP contribution is 2.41. The SMILES string of the molecule is CCSC(SCC)[C@@H]1CCCN1C(=O)c1cc(OC)c(OC2CC(Br)C2)cc1[N+](=O)[O-]. The van der Waals surface area contributed by atoms with Gasteiger partial charge in [-0.1, -0.05) is 29.8 Å². The van der Waals surface area contributed by atoms with Gasteiger partial charge in [0.05, 0.1) is 28.7 Å². The minimum Gasteiger partial charge on any atom is -0.493 e. The van der Waals surface area contributed by atoms with Crippen LogP contribution >= 0.6 is 39.5 Å². The van der Waals surface area contributed by atoms with Crippen LogP contribution in [-0.2, 0) is 0 Å². The molecule has 1 saturated carbocycles. The number of rotatable bonds is 10. The van der Waals surface area contributed by atoms with Crippen molar-refractivity contribution in [3.05, 3.63) is 27.8 Å². The molecule has 1 aromatic carbocycles. The lowest BCUT2D eigenvalue weighted by Gasteiger charge is -2.32. The third kappa shape index (κ3) is 5.63. The van der Waals surface area contributed by atoms with Gasteiger partial charge in [0.15, 0.2) is 11.5 Å². The first-order valence-corrected chi connectivity index (χ1v) is 13.6. The van der Waals surface area contributed by atoms with Gasteiger partial charge in [-0.25, -0.2) is 0 Å². The van der Waals surface area contributed by atoms with Crippen LogP contribution in [0.1, 0.15) is 49.9 Å². The quantitative estimate of drug-likeness (QED) is 0.174. The Balaban J connectivity index is 1.90. The molecule has 10 heteroatoms. The van der Waals surface area contributed by atoms with Crippen molar-refractivity contribution in [3.8, 4) is 11.5 Å². The summed E-state index contributed by atoms with van der Waals surface area (Å²) >= 11 is 7.20. The number of methoxy groups -OCH3 is 1. The molecule has 0 aromatic heterocycles. The number of likely N-dealkylation sites (tertiary alicyclic amines) is 1. The Bertz CT molecular complexity index is 800. The highest BCUT2D eigenvalue weighted by Gasteiger charge is 2.38. The van der Waals surface area contributed by atoms with Crippen LogP contribution in [-0.4, -0.2) is 62.4 Å². The van der Waals surface area contributed by atoms with Crippen LogP contribution in [0.4, 0.5) is 5.69 Å². The Morgan fingerprint density at radius 3 is 2.52 bits per heavy atom. The topological polar surface area (TPSA) is 81.9 Å². The molecule has 0 unspecified atom stereocenters. The van der Waals surface area contributed by atoms with Crippen LogP contribution in [0.2, 0.25) is 0 Å². The maximum absolute atomic E-state index is 13.5. The van der Waals surface area contributed by atoms with Gasteiger partial charge in [0, 0.05) is 17.4 Å². The van der Waals surface area contributed by atoms with E-state index in [0.29, 0.717) is 22.9 Å². The van der Waals surface area contributed by atoms with Gasteiger partial charge in [-0.2, -0.15) is 0 Å². The van der Waals surface area contributed by atoms with Crippen LogP contribution in [0.3, 0.4) is 0 Å². The number of thioether (sulfide) groups is 2. The molecule has 1 aliphatic carbocycles. The maximum Gasteiger partial charge on any atom is 0.286 e. The van der Waals surface area contributed by atoms with Gasteiger partial charge in [-0.15, -0.1) is 23.5 Å². The third-order valence-electron chi connectivity index (χ3n) is 5.58. The first-order valence-electron chi connectivity index (χ1n) is 10.6. The molecule has 0 bridgehead atoms. The van der Waals surface area contributed by atoms with E-state index < -0.39 is 4.92 Å². The molecule has 31 heavy (non-hydrogen) atoms. The van der Waals surface area contributed by atoms with E-state index in [1.807, 2.05) is 28.4 Å². The van der Waals surface area contributed by atoms with Crippen molar-refractivity contribution in [1.82, 2.24) is 4.90 Å². The van der Waals surface area contributed by atoms with Crippen LogP contribution in [0, 0.1) is 10.1 Å². The number of carbonyl (C=O) groups is 1. The molecule has 1 aliphatic heterocycles. The fourth-order valence-electron chi connectivity index (χ4n) is 3.98. The fraction of sp³-hybridized carbons (Fsp3) is 0.667. The summed E-state index contributed by atoms with van der Waals surface area (Å²) in [4.78, 5) is 27.1. The van der Waals surface area contributed by atoms with Crippen LogP contribution in [0.15, 0.2) is 12.1 Å². The Morgan fingerprint density at radius 1 is 1.29 bits per heavy atom. The van der Waals surface area contributed by atoms with Crippen LogP contribution in [0.5, 0.6) is 11.5 Å². The lowest BCUT2D eigenvalue weighted by Crippen LogP contribution is -2.41. The molecule has 1 saturated heterocycles. The monoisotopic (exact) mass is 532 g/mol. The van der Waals surface area contributed by atoms with Crippen LogP contribution in [0.25, 0.3) is 0 Å². The van der Waals surface area contributed by atoms with E-state index in [2.05, 4.69) is 29.8 Å². The second-order valence-electron chi connectivity index (χ2n) is 7.57. The Kier molecular flexibility index (Phi) is 8.81. The van der Waals surface area contributed by atoms with Gasteiger partial charge < -0.3 is 14.4 Å². The molecule has 7 nitrogen and oxygen atoms in total. The number of hydrogen-bond acceptors (Lipinski definition) is 7. The summed E-state index contributed by atoms with van der Waals surface area (Å²) in [5.41, 5.74) is -0.168. The summed E-state index contributed by atoms with van der Waals surface area (Å²) < 4.78 is 11.6. The van der Waals surface area contributed by atoms with Gasteiger partial charge in [-0.3, -0.25) is 14.9 Å². The minimum atomic E-state index is -0.502. The van der Waals surface area contributed by atoms with E-state index in [9.17, 15) is 14.9 Å². The number of ether oxygens (including phenoxy) is 2. The third-order valence-corrected chi connectivity index (χ3v) is 9.09. The number of benzene rings is 1. The molecule has 2 aliphatic rings. The predicted octanol–water partition coefficient (Wildman–Crippen LogP) is 5.35. The van der Waals surface area contributed by atoms with E-state index in [1.165, 1.54) is 19.2 Å². The number of nitro groups is 1. The van der Waals surface area contributed by atoms with Gasteiger partial charge in [0.2, 0.25) is 0 Å². The highest BCUT2D eigenvalue weighted by atomic mass is 79.9. The molecule has 1 aromatic rings. The van der Waals surface area contributed by atoms with Crippen molar-refractivity contribution in [3.63, 3.8) is 0 Å². The minimum absolute atomic E-state index is 0.0136. The second-order valence-corrected chi connectivity index (χ2v) is 12.0. The zero-order valence-electron chi connectivity index (χ0n) is 18.0. The first kappa shape index (κ1) is 24.5. The fourth-order valence-corrected chi connectivity index (χ4v) is 7.68. The van der Waals surface area contributed by atoms with Gasteiger partial charge >= 0.3 is 0 Å². The van der Waals surface area contributed by atoms with E-state index in [4.69, 9.17) is 9.47 Å². The molecule has 0 N–H and O–H groups in total. The number of carbonyl (C=O) groups excluding carboxylic acids is 1. The first-order chi connectivity index (χ1) is 14.9. The molecule has 172 valence electrons. The lowest BCUT2D eigenvalue weighted by atomic mass is 9.96. The summed E-state index contributed by atoms with van der Waals surface area (Å²) in [7, 11) is 1.49. The standard InChI is InChI=1S/C21H29BrN2O5S2/c1-4-30-21(31-5-2)16-7-6-8-23(16)20(25)15-11-18(28-3)19(12-17(15)24(26)27)29-14-9-13(22)10-14/h11-14,16,21H,4-10H2,1-3H3/t13?,14?,16-/m0/s1. The average molecular weight is 534 g/mol. The normalized spacial score (nSPS) is 23.0. The molecule has 1 amide bonds. The van der Waals surface area contributed by atoms with Gasteiger partial charge in [0.25, 0.3) is 11.6 Å². The summed E-state index contributed by atoms with van der Waals surface area (Å²) in [5, 5.41) is 11.9. The van der Waals surface area contributed by atoms with Crippen molar-refractivity contribution in [2.75, 3.05) is 25.2 Å². The Hall–Kier alpha value is -1.13. The zero-order chi connectivity index (χ0) is 22.5. The molecule has 3 rings (SSSR count). The van der Waals surface area contributed by atoms with E-state index in [0.717, 1.165) is 37.2 Å². The van der Waals surface area contributed by atoms with Crippen molar-refractivity contribution in [2.24, 2.45) is 0 Å². The number of amides is 1. The lowest BCUT2D eigenvalue weighted by molar-refractivity contribution is -0.385. The number of alkyl halides is 1. The smallest absolute Gasteiger partial charge is 0.286 e. The average Bonchev–Trinajstić information content (AvgIpc) is 3.21. The molecular formula is C21H29BrN2O5S2. The number of nitro benzene ring substituents is 1. The van der Waals surface area contributed by atoms with E-state index >= 15 is 0 Å². The predicted molar refractivity (Wildman–Crippen MR) is 130 cm³/mol. The van der Waals surface area contributed by atoms with Crippen molar-refractivity contribution in [1.29, 1.82) is 0 Å². The second kappa shape index (κ2) is 11.1. The van der Waals surface area contributed by atoms with Crippen molar-refractivity contribution < 1.29 is 19.2 Å². The number of nitrogens with zero attached hydrogens (tertiary/aromatic N) is 2. The Morgan fingerprint density at radius 2 is 1.97 bits per heavy atom. The molecule has 0 spiro atoms. The van der Waals surface area contributed by atoms with E-state index in [1.54, 1.807) is 0 Å². The largest absolute Gasteiger partial charge is 0.493 e. The molecular weight excluding hydrogens is 504 g/mol. The Labute approximate surface area is 200 Å². The number of hydrogen-bond donors (Lipinski definition) is 0. The van der Waals surface area contributed by atoms with Crippen molar-refractivity contribution in [2.45, 2.75) is 61.1 Å². The summed E-state index contributed by atoms with van der Waals surface area (Å²) in [6.07, 6.45) is 3.47. The molecule has 1 heterocycles. The number of halogens is 1. The molecule has 0 radical (unpaired) electrons. The molecule has 1 atom stereocenters. The summed E-state index contributed by atoms with van der Waals surface area (Å²) in [5.74, 6) is 2.29. The van der Waals surface area contributed by atoms with Crippen LogP contribution < -0.4 is 9.47 Å². The van der Waals surface area contributed by atoms with Crippen molar-refractivity contribution >= 4 is 51.0 Å². The highest BCUT2D eigenvalue weighted by molar-refractivity contribution is 9.09. The van der Waals surface area contributed by atoms with E-state index in [-0.39, 0.29) is 33.9 Å². The summed E-state index contributed by atoms with van der Waals surface area (Å²) in [6, 6.07) is 2.89. The maximum atomic E-state index is 13.5. The van der Waals surface area contributed by atoms with Gasteiger partial charge in [-0.05, 0) is 37.2 Å². The zero-order valence-corrected chi connectivity index (χ0v) is 21.3. The van der Waals surface area contributed by atoms with Gasteiger partial charge in [0.1, 0.15) is 11.7 Å².